The Hall–Kier alpha value is -2.04. The molecule has 2 saturated carbocycles. The summed E-state index contributed by atoms with van der Waals surface area (Å²) in [5.41, 5.74) is 1.59. The number of hydrogen-bond acceptors (Lipinski definition) is 1. The zero-order valence-corrected chi connectivity index (χ0v) is 20.8. The lowest BCUT2D eigenvalue weighted by Crippen LogP contribution is -2.30. The number of fused-ring (bicyclic) bond motifs is 1. The van der Waals surface area contributed by atoms with E-state index >= 15 is 4.39 Å². The molecule has 4 unspecified atom stereocenters. The molecule has 0 heterocycles. The van der Waals surface area contributed by atoms with Crippen molar-refractivity contribution in [1.82, 2.24) is 0 Å². The summed E-state index contributed by atoms with van der Waals surface area (Å²) in [7, 11) is 0. The molecule has 0 N–H and O–H groups in total. The fraction of sp³-hybridized carbons (Fsp3) is 0.600. The second kappa shape index (κ2) is 12.3. The Bertz CT molecular complexity index is 959. The lowest BCUT2D eigenvalue weighted by Gasteiger charge is -2.42. The van der Waals surface area contributed by atoms with Crippen molar-refractivity contribution in [2.75, 3.05) is 0 Å². The highest BCUT2D eigenvalue weighted by molar-refractivity contribution is 5.65. The van der Waals surface area contributed by atoms with Gasteiger partial charge in [-0.05, 0) is 85.1 Å². The first-order chi connectivity index (χ1) is 16.9. The van der Waals surface area contributed by atoms with Crippen molar-refractivity contribution in [1.29, 1.82) is 0 Å². The number of halogens is 4. The zero-order valence-electron chi connectivity index (χ0n) is 20.8. The minimum atomic E-state index is -3.10. The van der Waals surface area contributed by atoms with Crippen molar-refractivity contribution in [2.45, 2.75) is 96.5 Å². The van der Waals surface area contributed by atoms with Gasteiger partial charge in [0.05, 0.1) is 0 Å². The molecule has 2 aromatic carbocycles. The lowest BCUT2D eigenvalue weighted by molar-refractivity contribution is -0.0521. The van der Waals surface area contributed by atoms with Gasteiger partial charge in [-0.15, -0.1) is 0 Å². The Balaban J connectivity index is 1.33. The van der Waals surface area contributed by atoms with Gasteiger partial charge in [0.15, 0.2) is 11.6 Å². The molecule has 192 valence electrons. The highest BCUT2D eigenvalue weighted by atomic mass is 19.3. The van der Waals surface area contributed by atoms with Crippen molar-refractivity contribution >= 4 is 0 Å². The van der Waals surface area contributed by atoms with E-state index in [9.17, 15) is 13.2 Å². The summed E-state index contributed by atoms with van der Waals surface area (Å²) in [6, 6.07) is 8.80. The molecule has 2 aliphatic rings. The molecule has 5 heteroatoms. The van der Waals surface area contributed by atoms with E-state index in [4.69, 9.17) is 0 Å². The molecule has 2 aliphatic carbocycles. The van der Waals surface area contributed by atoms with E-state index in [0.29, 0.717) is 11.5 Å². The van der Waals surface area contributed by atoms with Gasteiger partial charge >= 0.3 is 6.61 Å². The standard InChI is InChI=1S/C30H38F4O/c1-2-3-4-5-6-7-20-8-9-22-17-23(11-10-21(22)16-20)24-12-14-26(27(31)18-24)25-13-15-29(28(32)19-25)35-30(33)34/h12-15,18-23,30H,2-11,16-17H2,1H3. The molecule has 2 aromatic rings. The van der Waals surface area contributed by atoms with Gasteiger partial charge in [0.25, 0.3) is 0 Å². The first-order valence-corrected chi connectivity index (χ1v) is 13.5. The molecule has 0 spiro atoms. The third-order valence-electron chi connectivity index (χ3n) is 8.36. The van der Waals surface area contributed by atoms with Gasteiger partial charge in [0.2, 0.25) is 0 Å². The molecule has 35 heavy (non-hydrogen) atoms. The Morgan fingerprint density at radius 1 is 0.829 bits per heavy atom. The Kier molecular flexibility index (Phi) is 9.13. The van der Waals surface area contributed by atoms with E-state index in [1.807, 2.05) is 6.07 Å². The van der Waals surface area contributed by atoms with Crippen LogP contribution in [0.15, 0.2) is 36.4 Å². The molecule has 0 amide bonds. The molecular formula is C30H38F4O. The van der Waals surface area contributed by atoms with E-state index in [2.05, 4.69) is 11.7 Å². The third-order valence-corrected chi connectivity index (χ3v) is 8.36. The normalized spacial score (nSPS) is 24.4. The minimum Gasteiger partial charge on any atom is -0.432 e. The maximum absolute atomic E-state index is 15.0. The van der Waals surface area contributed by atoms with Crippen LogP contribution in [0, 0.1) is 29.4 Å². The minimum absolute atomic E-state index is 0.268. The summed E-state index contributed by atoms with van der Waals surface area (Å²) in [4.78, 5) is 0. The van der Waals surface area contributed by atoms with Gasteiger partial charge in [-0.25, -0.2) is 8.78 Å². The van der Waals surface area contributed by atoms with Crippen LogP contribution in [0.25, 0.3) is 11.1 Å². The summed E-state index contributed by atoms with van der Waals surface area (Å²) in [5, 5.41) is 0. The predicted molar refractivity (Wildman–Crippen MR) is 133 cm³/mol. The van der Waals surface area contributed by atoms with Crippen LogP contribution in [0.2, 0.25) is 0 Å². The second-order valence-corrected chi connectivity index (χ2v) is 10.7. The highest BCUT2D eigenvalue weighted by Gasteiger charge is 2.36. The molecule has 4 rings (SSSR count). The largest absolute Gasteiger partial charge is 0.432 e. The quantitative estimate of drug-likeness (QED) is 0.238. The maximum atomic E-state index is 15.0. The molecule has 1 nitrogen and oxygen atoms in total. The lowest BCUT2D eigenvalue weighted by atomic mass is 9.63. The summed E-state index contributed by atoms with van der Waals surface area (Å²) in [6.45, 7) is -0.844. The van der Waals surface area contributed by atoms with Crippen molar-refractivity contribution in [3.8, 4) is 16.9 Å². The Morgan fingerprint density at radius 3 is 2.34 bits per heavy atom. The number of unbranched alkanes of at least 4 members (excludes halogenated alkanes) is 4. The molecule has 0 aromatic heterocycles. The van der Waals surface area contributed by atoms with Crippen LogP contribution < -0.4 is 4.74 Å². The van der Waals surface area contributed by atoms with E-state index in [1.54, 1.807) is 12.1 Å². The summed E-state index contributed by atoms with van der Waals surface area (Å²) in [6.07, 6.45) is 15.6. The van der Waals surface area contributed by atoms with Gasteiger partial charge in [-0.1, -0.05) is 70.1 Å². The van der Waals surface area contributed by atoms with Gasteiger partial charge in [0, 0.05) is 5.56 Å². The maximum Gasteiger partial charge on any atom is 0.387 e. The van der Waals surface area contributed by atoms with Gasteiger partial charge in [-0.3, -0.25) is 0 Å². The highest BCUT2D eigenvalue weighted by Crippen LogP contribution is 2.48. The Labute approximate surface area is 207 Å². The second-order valence-electron chi connectivity index (χ2n) is 10.7. The summed E-state index contributed by atoms with van der Waals surface area (Å²) < 4.78 is 58.0. The molecular weight excluding hydrogens is 452 g/mol. The number of benzene rings is 2. The van der Waals surface area contributed by atoms with Crippen molar-refractivity contribution in [2.24, 2.45) is 17.8 Å². The van der Waals surface area contributed by atoms with Crippen LogP contribution in [0.4, 0.5) is 17.6 Å². The van der Waals surface area contributed by atoms with E-state index < -0.39 is 24.0 Å². The van der Waals surface area contributed by atoms with Crippen molar-refractivity contribution in [3.63, 3.8) is 0 Å². The van der Waals surface area contributed by atoms with Crippen molar-refractivity contribution < 1.29 is 22.3 Å². The first kappa shape index (κ1) is 26.0. The molecule has 0 bridgehead atoms. The Morgan fingerprint density at radius 2 is 1.60 bits per heavy atom. The first-order valence-electron chi connectivity index (χ1n) is 13.5. The fourth-order valence-corrected chi connectivity index (χ4v) is 6.47. The summed E-state index contributed by atoms with van der Waals surface area (Å²) >= 11 is 0. The monoisotopic (exact) mass is 490 g/mol. The van der Waals surface area contributed by atoms with Crippen LogP contribution in [-0.2, 0) is 0 Å². The fourth-order valence-electron chi connectivity index (χ4n) is 6.47. The molecule has 4 atom stereocenters. The average molecular weight is 491 g/mol. The van der Waals surface area contributed by atoms with Gasteiger partial charge in [-0.2, -0.15) is 8.78 Å². The number of ether oxygens (including phenoxy) is 1. The molecule has 0 radical (unpaired) electrons. The van der Waals surface area contributed by atoms with Crippen LogP contribution in [0.1, 0.15) is 95.5 Å². The van der Waals surface area contributed by atoms with Gasteiger partial charge in [0.1, 0.15) is 5.82 Å². The van der Waals surface area contributed by atoms with Crippen LogP contribution in [0.3, 0.4) is 0 Å². The summed E-state index contributed by atoms with van der Waals surface area (Å²) in [5.74, 6) is 0.947. The van der Waals surface area contributed by atoms with Crippen LogP contribution >= 0.6 is 0 Å². The molecule has 0 saturated heterocycles. The molecule has 0 aliphatic heterocycles. The zero-order chi connectivity index (χ0) is 24.8. The van der Waals surface area contributed by atoms with E-state index in [0.717, 1.165) is 48.3 Å². The number of hydrogen-bond donors (Lipinski definition) is 0. The predicted octanol–water partition coefficient (Wildman–Crippen LogP) is 9.89. The van der Waals surface area contributed by atoms with Crippen LogP contribution in [-0.4, -0.2) is 6.61 Å². The van der Waals surface area contributed by atoms with E-state index in [1.165, 1.54) is 70.3 Å². The van der Waals surface area contributed by atoms with Gasteiger partial charge < -0.3 is 4.74 Å². The number of alkyl halides is 2. The smallest absolute Gasteiger partial charge is 0.387 e. The van der Waals surface area contributed by atoms with E-state index in [-0.39, 0.29) is 5.56 Å². The number of rotatable bonds is 10. The average Bonchev–Trinajstić information content (AvgIpc) is 2.84. The third kappa shape index (κ3) is 6.80. The topological polar surface area (TPSA) is 9.23 Å². The van der Waals surface area contributed by atoms with Crippen molar-refractivity contribution in [3.05, 3.63) is 53.6 Å². The van der Waals surface area contributed by atoms with Crippen LogP contribution in [0.5, 0.6) is 5.75 Å². The SMILES string of the molecule is CCCCCCCC1CCC2CC(c3ccc(-c4ccc(OC(F)F)c(F)c4)c(F)c3)CCC2C1. The molecule has 2 fully saturated rings.